The van der Waals surface area contributed by atoms with E-state index >= 15 is 0 Å². The van der Waals surface area contributed by atoms with Gasteiger partial charge < -0.3 is 10.8 Å². The van der Waals surface area contributed by atoms with Crippen molar-refractivity contribution in [3.8, 4) is 0 Å². The normalized spacial score (nSPS) is 12.1. The van der Waals surface area contributed by atoms with Gasteiger partial charge in [-0.3, -0.25) is 14.9 Å². The SMILES string of the molecule is NCC(C(=O)O)c1ccc(Cl)c([N+](=O)[O-])c1. The van der Waals surface area contributed by atoms with Crippen LogP contribution in [-0.2, 0) is 4.79 Å². The highest BCUT2D eigenvalue weighted by atomic mass is 35.5. The monoisotopic (exact) mass is 244 g/mol. The van der Waals surface area contributed by atoms with Crippen LogP contribution in [0.3, 0.4) is 0 Å². The fourth-order valence-corrected chi connectivity index (χ4v) is 1.45. The van der Waals surface area contributed by atoms with Crippen molar-refractivity contribution in [2.24, 2.45) is 5.73 Å². The molecule has 16 heavy (non-hydrogen) atoms. The number of rotatable bonds is 4. The number of hydrogen-bond acceptors (Lipinski definition) is 4. The first-order valence-electron chi connectivity index (χ1n) is 4.34. The molecule has 7 heteroatoms. The summed E-state index contributed by atoms with van der Waals surface area (Å²) in [6, 6.07) is 3.84. The zero-order valence-corrected chi connectivity index (χ0v) is 8.85. The number of carboxylic acids is 1. The number of carbonyl (C=O) groups is 1. The summed E-state index contributed by atoms with van der Waals surface area (Å²) in [6.45, 7) is -0.131. The van der Waals surface area contributed by atoms with E-state index in [4.69, 9.17) is 22.4 Å². The number of carboxylic acid groups (broad SMARTS) is 1. The van der Waals surface area contributed by atoms with Gasteiger partial charge in [-0.1, -0.05) is 17.7 Å². The van der Waals surface area contributed by atoms with E-state index in [0.29, 0.717) is 0 Å². The number of hydrogen-bond donors (Lipinski definition) is 2. The molecule has 6 nitrogen and oxygen atoms in total. The highest BCUT2D eigenvalue weighted by Gasteiger charge is 2.22. The summed E-state index contributed by atoms with van der Waals surface area (Å²) in [4.78, 5) is 20.7. The van der Waals surface area contributed by atoms with Gasteiger partial charge in [0.05, 0.1) is 10.8 Å². The number of halogens is 1. The van der Waals surface area contributed by atoms with E-state index in [9.17, 15) is 14.9 Å². The molecular formula is C9H9ClN2O4. The van der Waals surface area contributed by atoms with Crippen LogP contribution in [0.15, 0.2) is 18.2 Å². The van der Waals surface area contributed by atoms with Gasteiger partial charge in [0, 0.05) is 12.6 Å². The van der Waals surface area contributed by atoms with Crippen molar-refractivity contribution in [1.82, 2.24) is 0 Å². The number of nitrogens with two attached hydrogens (primary N) is 1. The van der Waals surface area contributed by atoms with Crippen LogP contribution in [0.25, 0.3) is 0 Å². The van der Waals surface area contributed by atoms with Gasteiger partial charge in [-0.25, -0.2) is 0 Å². The quantitative estimate of drug-likeness (QED) is 0.615. The van der Waals surface area contributed by atoms with E-state index in [-0.39, 0.29) is 22.8 Å². The molecule has 0 aromatic heterocycles. The summed E-state index contributed by atoms with van der Waals surface area (Å²) in [7, 11) is 0. The first kappa shape index (κ1) is 12.4. The minimum atomic E-state index is -1.13. The molecule has 0 saturated carbocycles. The lowest BCUT2D eigenvalue weighted by molar-refractivity contribution is -0.384. The van der Waals surface area contributed by atoms with E-state index < -0.39 is 16.8 Å². The van der Waals surface area contributed by atoms with E-state index in [0.717, 1.165) is 6.07 Å². The minimum absolute atomic E-state index is 0.0325. The molecule has 1 aromatic rings. The predicted octanol–water partition coefficient (Wildman–Crippen LogP) is 1.38. The van der Waals surface area contributed by atoms with Gasteiger partial charge in [0.15, 0.2) is 0 Å². The fraction of sp³-hybridized carbons (Fsp3) is 0.222. The van der Waals surface area contributed by atoms with Crippen molar-refractivity contribution in [3.05, 3.63) is 38.9 Å². The molecule has 0 amide bonds. The number of nitro benzene ring substituents is 1. The van der Waals surface area contributed by atoms with Crippen molar-refractivity contribution in [2.45, 2.75) is 5.92 Å². The third kappa shape index (κ3) is 2.47. The molecule has 0 saturated heterocycles. The number of nitrogens with zero attached hydrogens (tertiary/aromatic N) is 1. The molecule has 3 N–H and O–H groups in total. The van der Waals surface area contributed by atoms with Crippen molar-refractivity contribution in [1.29, 1.82) is 0 Å². The Labute approximate surface area is 95.8 Å². The Bertz CT molecular complexity index is 436. The van der Waals surface area contributed by atoms with Gasteiger partial charge in [0.25, 0.3) is 5.69 Å². The third-order valence-corrected chi connectivity index (χ3v) is 2.42. The van der Waals surface area contributed by atoms with Crippen LogP contribution >= 0.6 is 11.6 Å². The van der Waals surface area contributed by atoms with Crippen molar-refractivity contribution in [3.63, 3.8) is 0 Å². The predicted molar refractivity (Wildman–Crippen MR) is 57.5 cm³/mol. The van der Waals surface area contributed by atoms with Crippen LogP contribution in [0, 0.1) is 10.1 Å². The topological polar surface area (TPSA) is 106 Å². The molecule has 1 atom stereocenters. The number of benzene rings is 1. The molecule has 1 aromatic carbocycles. The molecule has 0 aliphatic carbocycles. The fourth-order valence-electron chi connectivity index (χ4n) is 1.27. The Morgan fingerprint density at radius 2 is 2.25 bits per heavy atom. The van der Waals surface area contributed by atoms with Gasteiger partial charge in [-0.15, -0.1) is 0 Å². The molecule has 1 rings (SSSR count). The van der Waals surface area contributed by atoms with Crippen LogP contribution in [-0.4, -0.2) is 22.5 Å². The zero-order chi connectivity index (χ0) is 12.3. The largest absolute Gasteiger partial charge is 0.481 e. The first-order chi connectivity index (χ1) is 7.47. The summed E-state index contributed by atoms with van der Waals surface area (Å²) in [5.74, 6) is -2.09. The lowest BCUT2D eigenvalue weighted by Gasteiger charge is -2.09. The molecule has 0 heterocycles. The Kier molecular flexibility index (Phi) is 3.81. The Morgan fingerprint density at radius 1 is 1.62 bits per heavy atom. The van der Waals surface area contributed by atoms with E-state index in [1.165, 1.54) is 12.1 Å². The number of nitro groups is 1. The molecule has 0 radical (unpaired) electrons. The van der Waals surface area contributed by atoms with Gasteiger partial charge >= 0.3 is 5.97 Å². The summed E-state index contributed by atoms with van der Waals surface area (Å²) < 4.78 is 0. The molecule has 0 bridgehead atoms. The van der Waals surface area contributed by atoms with Crippen LogP contribution < -0.4 is 5.73 Å². The van der Waals surface area contributed by atoms with Crippen molar-refractivity contribution in [2.75, 3.05) is 6.54 Å². The standard InChI is InChI=1S/C9H9ClN2O4/c10-7-2-1-5(3-8(7)12(15)16)6(4-11)9(13)14/h1-3,6H,4,11H2,(H,13,14). The van der Waals surface area contributed by atoms with E-state index in [1.54, 1.807) is 0 Å². The zero-order valence-electron chi connectivity index (χ0n) is 8.09. The van der Waals surface area contributed by atoms with Crippen molar-refractivity contribution >= 4 is 23.3 Å². The van der Waals surface area contributed by atoms with Crippen LogP contribution in [0.4, 0.5) is 5.69 Å². The average Bonchev–Trinajstić information content (AvgIpc) is 2.20. The Hall–Kier alpha value is -1.66. The number of aliphatic carboxylic acids is 1. The maximum Gasteiger partial charge on any atom is 0.312 e. The van der Waals surface area contributed by atoms with Gasteiger partial charge in [0.2, 0.25) is 0 Å². The second-order valence-corrected chi connectivity index (χ2v) is 3.50. The van der Waals surface area contributed by atoms with Gasteiger partial charge in [0.1, 0.15) is 5.02 Å². The van der Waals surface area contributed by atoms with Crippen LogP contribution in [0.2, 0.25) is 5.02 Å². The average molecular weight is 245 g/mol. The smallest absolute Gasteiger partial charge is 0.312 e. The maximum atomic E-state index is 10.8. The maximum absolute atomic E-state index is 10.8. The molecule has 1 unspecified atom stereocenters. The lowest BCUT2D eigenvalue weighted by Crippen LogP contribution is -2.21. The minimum Gasteiger partial charge on any atom is -0.481 e. The van der Waals surface area contributed by atoms with Crippen molar-refractivity contribution < 1.29 is 14.8 Å². The first-order valence-corrected chi connectivity index (χ1v) is 4.72. The van der Waals surface area contributed by atoms with Gasteiger partial charge in [-0.05, 0) is 11.6 Å². The summed E-state index contributed by atoms with van der Waals surface area (Å²) >= 11 is 5.60. The van der Waals surface area contributed by atoms with Crippen LogP contribution in [0.5, 0.6) is 0 Å². The summed E-state index contributed by atoms with van der Waals surface area (Å²) in [5.41, 5.74) is 5.24. The third-order valence-electron chi connectivity index (χ3n) is 2.10. The van der Waals surface area contributed by atoms with Gasteiger partial charge in [-0.2, -0.15) is 0 Å². The molecule has 0 aliphatic rings. The Balaban J connectivity index is 3.21. The Morgan fingerprint density at radius 3 is 2.69 bits per heavy atom. The molecule has 0 fully saturated rings. The highest BCUT2D eigenvalue weighted by molar-refractivity contribution is 6.32. The molecular weight excluding hydrogens is 236 g/mol. The highest BCUT2D eigenvalue weighted by Crippen LogP contribution is 2.28. The lowest BCUT2D eigenvalue weighted by atomic mass is 9.99. The summed E-state index contributed by atoms with van der Waals surface area (Å²) in [6.07, 6.45) is 0. The second kappa shape index (κ2) is 4.91. The van der Waals surface area contributed by atoms with E-state index in [1.807, 2.05) is 0 Å². The molecule has 0 aliphatic heterocycles. The van der Waals surface area contributed by atoms with Crippen LogP contribution in [0.1, 0.15) is 11.5 Å². The van der Waals surface area contributed by atoms with E-state index in [2.05, 4.69) is 0 Å². The second-order valence-electron chi connectivity index (χ2n) is 3.09. The summed E-state index contributed by atoms with van der Waals surface area (Å²) in [5, 5.41) is 19.4. The molecule has 0 spiro atoms. The molecule has 86 valence electrons.